The summed E-state index contributed by atoms with van der Waals surface area (Å²) in [6.07, 6.45) is 2.73. The van der Waals surface area contributed by atoms with Gasteiger partial charge in [-0.1, -0.05) is 62.7 Å². The Morgan fingerprint density at radius 3 is 2.63 bits per heavy atom. The molecular formula is C22H26ClN3O. The SMILES string of the molecule is CC(C)(C)C(=O)NC(CCCc1ccccc1)c1n[nH]c2ccc(Cl)cc12. The standard InChI is InChI=1S/C22H26ClN3O/c1-22(2,3)21(27)24-19(11-7-10-15-8-5-4-6-9-15)20-17-14-16(23)12-13-18(17)25-26-20/h4-6,8-9,12-14,19H,7,10-11H2,1-3H3,(H,24,27)(H,25,26). The van der Waals surface area contributed by atoms with Crippen LogP contribution in [0.2, 0.25) is 5.02 Å². The molecule has 0 bridgehead atoms. The van der Waals surface area contributed by atoms with Crippen LogP contribution < -0.4 is 5.32 Å². The predicted octanol–water partition coefficient (Wildman–Crippen LogP) is 5.44. The van der Waals surface area contributed by atoms with Crippen LogP contribution in [-0.2, 0) is 11.2 Å². The first-order valence-electron chi connectivity index (χ1n) is 9.33. The number of amides is 1. The number of hydrogen-bond acceptors (Lipinski definition) is 2. The van der Waals surface area contributed by atoms with Crippen molar-refractivity contribution in [3.05, 3.63) is 64.8 Å². The van der Waals surface area contributed by atoms with E-state index in [1.54, 1.807) is 0 Å². The van der Waals surface area contributed by atoms with Crippen LogP contribution in [0.1, 0.15) is 50.9 Å². The molecule has 1 unspecified atom stereocenters. The van der Waals surface area contributed by atoms with Gasteiger partial charge in [-0.15, -0.1) is 0 Å². The molecule has 3 aromatic rings. The number of aromatic nitrogens is 2. The highest BCUT2D eigenvalue weighted by Crippen LogP contribution is 2.29. The van der Waals surface area contributed by atoms with E-state index in [0.29, 0.717) is 5.02 Å². The minimum atomic E-state index is -0.457. The maximum Gasteiger partial charge on any atom is 0.225 e. The third-order valence-corrected chi connectivity index (χ3v) is 4.91. The van der Waals surface area contributed by atoms with Gasteiger partial charge in [0.25, 0.3) is 0 Å². The number of hydrogen-bond donors (Lipinski definition) is 2. The molecule has 0 radical (unpaired) electrons. The Kier molecular flexibility index (Phi) is 5.85. The van der Waals surface area contributed by atoms with Crippen molar-refractivity contribution in [2.75, 3.05) is 0 Å². The van der Waals surface area contributed by atoms with E-state index in [0.717, 1.165) is 35.9 Å². The second-order valence-electron chi connectivity index (χ2n) is 7.95. The second kappa shape index (κ2) is 8.13. The predicted molar refractivity (Wildman–Crippen MR) is 111 cm³/mol. The molecule has 5 heteroatoms. The molecule has 0 saturated carbocycles. The van der Waals surface area contributed by atoms with Crippen molar-refractivity contribution in [3.63, 3.8) is 0 Å². The highest BCUT2D eigenvalue weighted by molar-refractivity contribution is 6.31. The Hall–Kier alpha value is -2.33. The maximum atomic E-state index is 12.6. The third kappa shape index (κ3) is 4.89. The van der Waals surface area contributed by atoms with Crippen LogP contribution in [0.25, 0.3) is 10.9 Å². The number of nitrogens with zero attached hydrogens (tertiary/aromatic N) is 1. The molecule has 0 saturated heterocycles. The highest BCUT2D eigenvalue weighted by atomic mass is 35.5. The molecule has 2 aromatic carbocycles. The zero-order chi connectivity index (χ0) is 19.4. The molecule has 1 atom stereocenters. The van der Waals surface area contributed by atoms with E-state index in [9.17, 15) is 4.79 Å². The van der Waals surface area contributed by atoms with E-state index < -0.39 is 5.41 Å². The van der Waals surface area contributed by atoms with E-state index in [-0.39, 0.29) is 11.9 Å². The van der Waals surface area contributed by atoms with Gasteiger partial charge in [0.2, 0.25) is 5.91 Å². The van der Waals surface area contributed by atoms with Crippen LogP contribution in [0.5, 0.6) is 0 Å². The third-order valence-electron chi connectivity index (χ3n) is 4.67. The van der Waals surface area contributed by atoms with Gasteiger partial charge in [-0.05, 0) is 43.0 Å². The second-order valence-corrected chi connectivity index (χ2v) is 8.39. The van der Waals surface area contributed by atoms with E-state index >= 15 is 0 Å². The first kappa shape index (κ1) is 19.4. The normalized spacial score (nSPS) is 12.9. The maximum absolute atomic E-state index is 12.6. The average Bonchev–Trinajstić information content (AvgIpc) is 3.03. The fraction of sp³-hybridized carbons (Fsp3) is 0.364. The van der Waals surface area contributed by atoms with Crippen LogP contribution in [0.15, 0.2) is 48.5 Å². The Labute approximate surface area is 165 Å². The lowest BCUT2D eigenvalue weighted by molar-refractivity contribution is -0.129. The molecule has 0 aliphatic carbocycles. The first-order valence-corrected chi connectivity index (χ1v) is 9.71. The van der Waals surface area contributed by atoms with Gasteiger partial charge < -0.3 is 5.32 Å². The number of fused-ring (bicyclic) bond motifs is 1. The van der Waals surface area contributed by atoms with E-state index in [4.69, 9.17) is 11.6 Å². The van der Waals surface area contributed by atoms with Gasteiger partial charge in [-0.2, -0.15) is 5.10 Å². The average molecular weight is 384 g/mol. The molecule has 1 heterocycles. The van der Waals surface area contributed by atoms with Gasteiger partial charge in [-0.3, -0.25) is 9.89 Å². The number of carbonyl (C=O) groups is 1. The minimum Gasteiger partial charge on any atom is -0.347 e. The lowest BCUT2D eigenvalue weighted by Crippen LogP contribution is -2.37. The smallest absolute Gasteiger partial charge is 0.225 e. The quantitative estimate of drug-likeness (QED) is 0.595. The summed E-state index contributed by atoms with van der Waals surface area (Å²) in [6, 6.07) is 15.9. The Morgan fingerprint density at radius 2 is 1.93 bits per heavy atom. The number of aryl methyl sites for hydroxylation is 1. The van der Waals surface area contributed by atoms with Crippen molar-refractivity contribution in [1.82, 2.24) is 15.5 Å². The summed E-state index contributed by atoms with van der Waals surface area (Å²) in [5.41, 5.74) is 2.61. The van der Waals surface area contributed by atoms with Crippen molar-refractivity contribution in [2.24, 2.45) is 5.41 Å². The monoisotopic (exact) mass is 383 g/mol. The largest absolute Gasteiger partial charge is 0.347 e. The number of benzene rings is 2. The Bertz CT molecular complexity index is 912. The summed E-state index contributed by atoms with van der Waals surface area (Å²) in [5, 5.41) is 12.4. The molecule has 4 nitrogen and oxygen atoms in total. The van der Waals surface area contributed by atoms with Crippen LogP contribution in [0.3, 0.4) is 0 Å². The Morgan fingerprint density at radius 1 is 1.19 bits per heavy atom. The number of rotatable bonds is 6. The van der Waals surface area contributed by atoms with Crippen molar-refractivity contribution in [1.29, 1.82) is 0 Å². The van der Waals surface area contributed by atoms with Crippen molar-refractivity contribution in [3.8, 4) is 0 Å². The number of halogens is 1. The molecular weight excluding hydrogens is 358 g/mol. The molecule has 1 amide bonds. The van der Waals surface area contributed by atoms with Crippen molar-refractivity contribution in [2.45, 2.75) is 46.1 Å². The van der Waals surface area contributed by atoms with E-state index in [1.165, 1.54) is 5.56 Å². The molecule has 27 heavy (non-hydrogen) atoms. The summed E-state index contributed by atoms with van der Waals surface area (Å²) in [5.74, 6) is 0.0189. The van der Waals surface area contributed by atoms with Gasteiger partial charge >= 0.3 is 0 Å². The first-order chi connectivity index (χ1) is 12.8. The van der Waals surface area contributed by atoms with Crippen LogP contribution in [0.4, 0.5) is 0 Å². The Balaban J connectivity index is 1.82. The molecule has 2 N–H and O–H groups in total. The topological polar surface area (TPSA) is 57.8 Å². The van der Waals surface area contributed by atoms with Crippen molar-refractivity contribution < 1.29 is 4.79 Å². The number of H-pyrrole nitrogens is 1. The fourth-order valence-corrected chi connectivity index (χ4v) is 3.25. The van der Waals surface area contributed by atoms with Crippen LogP contribution in [0, 0.1) is 5.41 Å². The minimum absolute atomic E-state index is 0.0189. The number of carbonyl (C=O) groups excluding carboxylic acids is 1. The molecule has 0 fully saturated rings. The van der Waals surface area contributed by atoms with Gasteiger partial charge in [0, 0.05) is 15.8 Å². The zero-order valence-corrected chi connectivity index (χ0v) is 16.8. The van der Waals surface area contributed by atoms with Gasteiger partial charge in [-0.25, -0.2) is 0 Å². The van der Waals surface area contributed by atoms with Crippen molar-refractivity contribution >= 4 is 28.4 Å². The molecule has 0 aliphatic heterocycles. The summed E-state index contributed by atoms with van der Waals surface area (Å²) in [6.45, 7) is 5.76. The molecule has 1 aromatic heterocycles. The van der Waals surface area contributed by atoms with Gasteiger partial charge in [0.15, 0.2) is 0 Å². The number of nitrogens with one attached hydrogen (secondary N) is 2. The lowest BCUT2D eigenvalue weighted by Gasteiger charge is -2.23. The molecule has 0 aliphatic rings. The summed E-state index contributed by atoms with van der Waals surface area (Å²) < 4.78 is 0. The molecule has 142 valence electrons. The zero-order valence-electron chi connectivity index (χ0n) is 16.1. The fourth-order valence-electron chi connectivity index (χ4n) is 3.08. The van der Waals surface area contributed by atoms with Gasteiger partial charge in [0.05, 0.1) is 17.3 Å². The highest BCUT2D eigenvalue weighted by Gasteiger charge is 2.26. The summed E-state index contributed by atoms with van der Waals surface area (Å²) >= 11 is 6.19. The molecule has 0 spiro atoms. The number of aromatic amines is 1. The van der Waals surface area contributed by atoms with E-state index in [2.05, 4.69) is 39.8 Å². The lowest BCUT2D eigenvalue weighted by atomic mass is 9.93. The summed E-state index contributed by atoms with van der Waals surface area (Å²) in [7, 11) is 0. The van der Waals surface area contributed by atoms with E-state index in [1.807, 2.05) is 45.0 Å². The van der Waals surface area contributed by atoms with Crippen LogP contribution >= 0.6 is 11.6 Å². The molecule has 3 rings (SSSR count). The van der Waals surface area contributed by atoms with Gasteiger partial charge in [0.1, 0.15) is 0 Å². The van der Waals surface area contributed by atoms with Crippen LogP contribution in [-0.4, -0.2) is 16.1 Å². The summed E-state index contributed by atoms with van der Waals surface area (Å²) in [4.78, 5) is 12.6.